The van der Waals surface area contributed by atoms with Crippen LogP contribution in [0.25, 0.3) is 11.0 Å². The number of aromatic nitrogens is 5. The Morgan fingerprint density at radius 3 is 3.04 bits per heavy atom. The lowest BCUT2D eigenvalue weighted by molar-refractivity contribution is -0.132. The lowest BCUT2D eigenvalue weighted by atomic mass is 10.1. The van der Waals surface area contributed by atoms with Crippen LogP contribution in [0.2, 0.25) is 0 Å². The van der Waals surface area contributed by atoms with Gasteiger partial charge in [0.15, 0.2) is 11.3 Å². The van der Waals surface area contributed by atoms with Gasteiger partial charge in [0.1, 0.15) is 17.9 Å². The molecule has 3 aromatic rings. The van der Waals surface area contributed by atoms with Crippen LogP contribution in [0.1, 0.15) is 28.2 Å². The number of H-pyrrole nitrogens is 1. The predicted molar refractivity (Wildman–Crippen MR) is 85.9 cm³/mol. The van der Waals surface area contributed by atoms with E-state index >= 15 is 0 Å². The summed E-state index contributed by atoms with van der Waals surface area (Å²) in [5.41, 5.74) is 1.12. The Morgan fingerprint density at radius 1 is 1.37 bits per heavy atom. The smallest absolute Gasteiger partial charge is 0.360 e. The molecule has 4 rings (SSSR count). The van der Waals surface area contributed by atoms with Gasteiger partial charge < -0.3 is 14.7 Å². The number of nitrogens with zero attached hydrogens (tertiary/aromatic N) is 5. The van der Waals surface area contributed by atoms with Crippen molar-refractivity contribution in [3.63, 3.8) is 0 Å². The zero-order chi connectivity index (χ0) is 19.0. The molecule has 9 nitrogen and oxygen atoms in total. The Kier molecular flexibility index (Phi) is 4.16. The molecular formula is C15H14F3N7O2. The second kappa shape index (κ2) is 6.52. The first kappa shape index (κ1) is 17.2. The fourth-order valence-electron chi connectivity index (χ4n) is 2.97. The van der Waals surface area contributed by atoms with E-state index in [2.05, 4.69) is 30.6 Å². The van der Waals surface area contributed by atoms with Gasteiger partial charge in [0.25, 0.3) is 5.91 Å². The number of aromatic amines is 1. The number of hydrogen-bond acceptors (Lipinski definition) is 7. The molecule has 0 unspecified atom stereocenters. The Hall–Kier alpha value is -3.18. The molecule has 12 heteroatoms. The van der Waals surface area contributed by atoms with Gasteiger partial charge in [-0.3, -0.25) is 9.89 Å². The Morgan fingerprint density at radius 2 is 2.22 bits per heavy atom. The van der Waals surface area contributed by atoms with Crippen molar-refractivity contribution < 1.29 is 22.5 Å². The van der Waals surface area contributed by atoms with Gasteiger partial charge in [0.2, 0.25) is 0 Å². The van der Waals surface area contributed by atoms with Gasteiger partial charge in [-0.25, -0.2) is 9.97 Å². The topological polar surface area (TPSA) is 113 Å². The molecule has 1 aliphatic rings. The second-order valence-corrected chi connectivity index (χ2v) is 6.06. The zero-order valence-corrected chi connectivity index (χ0v) is 13.9. The molecule has 0 saturated heterocycles. The van der Waals surface area contributed by atoms with Crippen LogP contribution in [0.15, 0.2) is 17.0 Å². The van der Waals surface area contributed by atoms with E-state index in [4.69, 9.17) is 4.52 Å². The van der Waals surface area contributed by atoms with Gasteiger partial charge in [0, 0.05) is 25.1 Å². The van der Waals surface area contributed by atoms with Gasteiger partial charge in [-0.2, -0.15) is 18.3 Å². The molecule has 0 aromatic carbocycles. The highest BCUT2D eigenvalue weighted by Crippen LogP contribution is 2.29. The van der Waals surface area contributed by atoms with E-state index in [0.717, 1.165) is 5.39 Å². The van der Waals surface area contributed by atoms with Crippen LogP contribution in [-0.4, -0.2) is 50.5 Å². The average molecular weight is 381 g/mol. The third-order valence-corrected chi connectivity index (χ3v) is 4.26. The monoisotopic (exact) mass is 381 g/mol. The minimum Gasteiger partial charge on any atom is -0.360 e. The Balaban J connectivity index is 1.53. The number of carbonyl (C=O) groups excluding carboxylic acids is 1. The molecule has 4 heterocycles. The van der Waals surface area contributed by atoms with Gasteiger partial charge in [-0.05, 0) is 0 Å². The normalized spacial score (nSPS) is 14.4. The van der Waals surface area contributed by atoms with Crippen LogP contribution >= 0.6 is 0 Å². The largest absolute Gasteiger partial charge is 0.390 e. The minimum absolute atomic E-state index is 0.00521. The molecule has 1 amide bonds. The van der Waals surface area contributed by atoms with E-state index in [1.807, 2.05) is 4.90 Å². The molecule has 0 radical (unpaired) electrons. The molecule has 142 valence electrons. The molecule has 2 N–H and O–H groups in total. The van der Waals surface area contributed by atoms with Crippen LogP contribution in [-0.2, 0) is 13.0 Å². The maximum atomic E-state index is 12.2. The summed E-state index contributed by atoms with van der Waals surface area (Å²) in [6, 6.07) is 0. The van der Waals surface area contributed by atoms with Crippen LogP contribution in [0, 0.1) is 0 Å². The van der Waals surface area contributed by atoms with E-state index < -0.39 is 25.0 Å². The van der Waals surface area contributed by atoms with Crippen molar-refractivity contribution in [2.24, 2.45) is 0 Å². The number of carbonyl (C=O) groups is 1. The molecule has 3 aromatic heterocycles. The highest BCUT2D eigenvalue weighted by atomic mass is 19.4. The SMILES string of the molecule is O=C(NCCC(F)(F)F)c1noc2c1CN(c1ncnc3[nH]ncc13)CC2. The van der Waals surface area contributed by atoms with E-state index in [1.165, 1.54) is 6.33 Å². The summed E-state index contributed by atoms with van der Waals surface area (Å²) < 4.78 is 42.0. The number of rotatable bonds is 4. The van der Waals surface area contributed by atoms with E-state index in [9.17, 15) is 18.0 Å². The lowest BCUT2D eigenvalue weighted by Crippen LogP contribution is -2.33. The van der Waals surface area contributed by atoms with E-state index in [0.29, 0.717) is 35.8 Å². The summed E-state index contributed by atoms with van der Waals surface area (Å²) in [7, 11) is 0. The number of fused-ring (bicyclic) bond motifs is 2. The van der Waals surface area contributed by atoms with Gasteiger partial charge in [0.05, 0.1) is 24.5 Å². The summed E-state index contributed by atoms with van der Waals surface area (Å²) in [5, 5.41) is 13.4. The van der Waals surface area contributed by atoms with Crippen molar-refractivity contribution in [2.75, 3.05) is 18.0 Å². The summed E-state index contributed by atoms with van der Waals surface area (Å²) in [4.78, 5) is 22.5. The first-order valence-corrected chi connectivity index (χ1v) is 8.14. The van der Waals surface area contributed by atoms with Gasteiger partial charge in [-0.15, -0.1) is 0 Å². The second-order valence-electron chi connectivity index (χ2n) is 6.06. The van der Waals surface area contributed by atoms with Crippen molar-refractivity contribution in [1.82, 2.24) is 30.6 Å². The highest BCUT2D eigenvalue weighted by Gasteiger charge is 2.30. The van der Waals surface area contributed by atoms with Crippen LogP contribution < -0.4 is 10.2 Å². The number of amides is 1. The molecule has 27 heavy (non-hydrogen) atoms. The fourth-order valence-corrected chi connectivity index (χ4v) is 2.97. The number of halogens is 3. The maximum Gasteiger partial charge on any atom is 0.390 e. The number of alkyl halides is 3. The Bertz CT molecular complexity index is 981. The van der Waals surface area contributed by atoms with Crippen molar-refractivity contribution in [3.05, 3.63) is 29.5 Å². The van der Waals surface area contributed by atoms with Gasteiger partial charge in [-0.1, -0.05) is 5.16 Å². The molecule has 0 saturated carbocycles. The van der Waals surface area contributed by atoms with Crippen molar-refractivity contribution in [2.45, 2.75) is 25.6 Å². The minimum atomic E-state index is -4.34. The van der Waals surface area contributed by atoms with Crippen molar-refractivity contribution in [1.29, 1.82) is 0 Å². The molecule has 0 spiro atoms. The average Bonchev–Trinajstić information content (AvgIpc) is 3.26. The molecule has 0 bridgehead atoms. The zero-order valence-electron chi connectivity index (χ0n) is 13.9. The summed E-state index contributed by atoms with van der Waals surface area (Å²) in [5.74, 6) is 0.496. The number of anilines is 1. The number of nitrogens with one attached hydrogen (secondary N) is 2. The molecular weight excluding hydrogens is 367 g/mol. The first-order valence-electron chi connectivity index (χ1n) is 8.14. The van der Waals surface area contributed by atoms with Crippen molar-refractivity contribution >= 4 is 22.8 Å². The molecule has 0 atom stereocenters. The van der Waals surface area contributed by atoms with Crippen LogP contribution in [0.4, 0.5) is 19.0 Å². The molecule has 0 aliphatic carbocycles. The fraction of sp³-hybridized carbons (Fsp3) is 0.400. The predicted octanol–water partition coefficient (Wildman–Crippen LogP) is 1.59. The third-order valence-electron chi connectivity index (χ3n) is 4.26. The molecule has 0 fully saturated rings. The lowest BCUT2D eigenvalue weighted by Gasteiger charge is -2.27. The molecule has 1 aliphatic heterocycles. The third kappa shape index (κ3) is 3.41. The maximum absolute atomic E-state index is 12.2. The van der Waals surface area contributed by atoms with E-state index in [1.54, 1.807) is 6.20 Å². The summed E-state index contributed by atoms with van der Waals surface area (Å²) >= 11 is 0. The first-order chi connectivity index (χ1) is 12.9. The van der Waals surface area contributed by atoms with Crippen LogP contribution in [0.5, 0.6) is 0 Å². The summed E-state index contributed by atoms with van der Waals surface area (Å²) in [6.07, 6.45) is -1.94. The Labute approximate surface area is 149 Å². The number of hydrogen-bond donors (Lipinski definition) is 2. The van der Waals surface area contributed by atoms with E-state index in [-0.39, 0.29) is 12.2 Å². The highest BCUT2D eigenvalue weighted by molar-refractivity contribution is 5.94. The van der Waals surface area contributed by atoms with Crippen molar-refractivity contribution in [3.8, 4) is 0 Å². The quantitative estimate of drug-likeness (QED) is 0.706. The van der Waals surface area contributed by atoms with Gasteiger partial charge >= 0.3 is 6.18 Å². The standard InChI is InChI=1S/C15H14F3N7O2/c16-15(17,18)2-3-19-14(26)11-9-6-25(4-1-10(9)27-24-11)13-8-5-22-23-12(8)20-7-21-13/h5,7H,1-4,6H2,(H,19,26)(H,20,21,22,23). The van der Waals surface area contributed by atoms with Crippen LogP contribution in [0.3, 0.4) is 0 Å². The summed E-state index contributed by atoms with van der Waals surface area (Å²) in [6.45, 7) is 0.349.